The molecule has 104 valence electrons. The van der Waals surface area contributed by atoms with Crippen LogP contribution in [0.5, 0.6) is 5.75 Å². The van der Waals surface area contributed by atoms with Gasteiger partial charge in [-0.3, -0.25) is 0 Å². The maximum absolute atomic E-state index is 6.37. The van der Waals surface area contributed by atoms with Crippen molar-refractivity contribution in [1.29, 1.82) is 0 Å². The number of rotatable bonds is 5. The predicted molar refractivity (Wildman–Crippen MR) is 78.8 cm³/mol. The van der Waals surface area contributed by atoms with Crippen LogP contribution in [0.3, 0.4) is 0 Å². The summed E-state index contributed by atoms with van der Waals surface area (Å²) in [4.78, 5) is 0. The third-order valence-electron chi connectivity index (χ3n) is 4.75. The van der Waals surface area contributed by atoms with Crippen LogP contribution in [0.25, 0.3) is 0 Å². The van der Waals surface area contributed by atoms with Gasteiger partial charge in [0.05, 0.1) is 0 Å². The molecule has 2 aliphatic rings. The number of nitrogens with one attached hydrogen (secondary N) is 1. The summed E-state index contributed by atoms with van der Waals surface area (Å²) in [7, 11) is 2.02. The maximum atomic E-state index is 6.37. The third-order valence-corrected chi connectivity index (χ3v) is 4.75. The molecule has 0 spiro atoms. The van der Waals surface area contributed by atoms with Crippen LogP contribution in [-0.2, 0) is 12.8 Å². The van der Waals surface area contributed by atoms with Gasteiger partial charge in [0.15, 0.2) is 0 Å². The molecule has 0 heterocycles. The molecule has 2 aliphatic carbocycles. The van der Waals surface area contributed by atoms with E-state index in [-0.39, 0.29) is 5.60 Å². The Morgan fingerprint density at radius 1 is 1.11 bits per heavy atom. The Balaban J connectivity index is 1.71. The fourth-order valence-electron chi connectivity index (χ4n) is 3.35. The van der Waals surface area contributed by atoms with Gasteiger partial charge in [-0.25, -0.2) is 0 Å². The standard InChI is InChI=1S/C17H25NO/c1-18-12-11-17(9-4-10-17)19-16-8-7-14-5-2-3-6-15(14)13-16/h7-8,13,18H,2-6,9-12H2,1H3. The summed E-state index contributed by atoms with van der Waals surface area (Å²) >= 11 is 0. The molecule has 0 bridgehead atoms. The molecule has 1 aromatic rings. The minimum Gasteiger partial charge on any atom is -0.487 e. The van der Waals surface area contributed by atoms with Crippen molar-refractivity contribution in [1.82, 2.24) is 5.32 Å². The van der Waals surface area contributed by atoms with Crippen molar-refractivity contribution in [3.63, 3.8) is 0 Å². The lowest BCUT2D eigenvalue weighted by atomic mass is 9.77. The Morgan fingerprint density at radius 3 is 2.58 bits per heavy atom. The van der Waals surface area contributed by atoms with Crippen molar-refractivity contribution in [3.8, 4) is 5.75 Å². The molecule has 0 amide bonds. The van der Waals surface area contributed by atoms with E-state index in [1.807, 2.05) is 7.05 Å². The van der Waals surface area contributed by atoms with Gasteiger partial charge < -0.3 is 10.1 Å². The fraction of sp³-hybridized carbons (Fsp3) is 0.647. The minimum absolute atomic E-state index is 0.117. The van der Waals surface area contributed by atoms with Crippen LogP contribution < -0.4 is 10.1 Å². The van der Waals surface area contributed by atoms with E-state index in [1.165, 1.54) is 56.1 Å². The molecule has 1 N–H and O–H groups in total. The molecular formula is C17H25NO. The first-order chi connectivity index (χ1) is 9.31. The number of hydrogen-bond acceptors (Lipinski definition) is 2. The van der Waals surface area contributed by atoms with E-state index in [4.69, 9.17) is 4.74 Å². The zero-order valence-electron chi connectivity index (χ0n) is 12.0. The van der Waals surface area contributed by atoms with E-state index in [9.17, 15) is 0 Å². The molecule has 1 fully saturated rings. The van der Waals surface area contributed by atoms with Gasteiger partial charge in [-0.05, 0) is 88.2 Å². The first-order valence-electron chi connectivity index (χ1n) is 7.77. The summed E-state index contributed by atoms with van der Waals surface area (Å²) in [5.41, 5.74) is 3.18. The second-order valence-corrected chi connectivity index (χ2v) is 6.13. The Bertz CT molecular complexity index is 437. The lowest BCUT2D eigenvalue weighted by molar-refractivity contribution is -0.0139. The van der Waals surface area contributed by atoms with Crippen LogP contribution in [0.2, 0.25) is 0 Å². The number of aryl methyl sites for hydroxylation is 2. The topological polar surface area (TPSA) is 21.3 Å². The minimum atomic E-state index is 0.117. The van der Waals surface area contributed by atoms with Crippen LogP contribution in [0.15, 0.2) is 18.2 Å². The molecule has 3 rings (SSSR count). The van der Waals surface area contributed by atoms with Crippen molar-refractivity contribution in [3.05, 3.63) is 29.3 Å². The molecule has 1 aromatic carbocycles. The Kier molecular flexibility index (Phi) is 3.79. The van der Waals surface area contributed by atoms with Crippen LogP contribution in [0.4, 0.5) is 0 Å². The second-order valence-electron chi connectivity index (χ2n) is 6.13. The Labute approximate surface area is 116 Å². The maximum Gasteiger partial charge on any atom is 0.120 e. The largest absolute Gasteiger partial charge is 0.487 e. The first kappa shape index (κ1) is 13.0. The summed E-state index contributed by atoms with van der Waals surface area (Å²) in [6.45, 7) is 1.05. The average molecular weight is 259 g/mol. The van der Waals surface area contributed by atoms with Crippen LogP contribution >= 0.6 is 0 Å². The zero-order valence-corrected chi connectivity index (χ0v) is 12.0. The lowest BCUT2D eigenvalue weighted by Crippen LogP contribution is -2.45. The molecule has 2 nitrogen and oxygen atoms in total. The van der Waals surface area contributed by atoms with Gasteiger partial charge >= 0.3 is 0 Å². The Hall–Kier alpha value is -1.02. The average Bonchev–Trinajstić information content (AvgIpc) is 2.41. The number of benzene rings is 1. The third kappa shape index (κ3) is 2.79. The smallest absolute Gasteiger partial charge is 0.120 e. The number of ether oxygens (including phenoxy) is 1. The molecule has 0 unspecified atom stereocenters. The van der Waals surface area contributed by atoms with Crippen molar-refractivity contribution < 1.29 is 4.74 Å². The highest BCUT2D eigenvalue weighted by Crippen LogP contribution is 2.39. The van der Waals surface area contributed by atoms with E-state index in [0.717, 1.165) is 18.7 Å². The van der Waals surface area contributed by atoms with E-state index in [2.05, 4.69) is 23.5 Å². The summed E-state index contributed by atoms with van der Waals surface area (Å²) in [5, 5.41) is 3.25. The van der Waals surface area contributed by atoms with E-state index < -0.39 is 0 Å². The molecule has 0 aliphatic heterocycles. The Morgan fingerprint density at radius 2 is 1.89 bits per heavy atom. The summed E-state index contributed by atoms with van der Waals surface area (Å²) in [6, 6.07) is 6.77. The molecule has 0 atom stereocenters. The second kappa shape index (κ2) is 5.54. The van der Waals surface area contributed by atoms with Crippen molar-refractivity contribution >= 4 is 0 Å². The highest BCUT2D eigenvalue weighted by molar-refractivity contribution is 5.37. The molecule has 1 saturated carbocycles. The molecular weight excluding hydrogens is 234 g/mol. The SMILES string of the molecule is CNCCC1(Oc2ccc3c(c2)CCCC3)CCC1. The van der Waals surface area contributed by atoms with Gasteiger partial charge in [0, 0.05) is 0 Å². The normalized spacial score (nSPS) is 20.5. The molecule has 0 radical (unpaired) electrons. The zero-order chi connectivity index (χ0) is 13.1. The van der Waals surface area contributed by atoms with Gasteiger partial charge in [0.25, 0.3) is 0 Å². The number of fused-ring (bicyclic) bond motifs is 1. The van der Waals surface area contributed by atoms with E-state index in [1.54, 1.807) is 0 Å². The lowest BCUT2D eigenvalue weighted by Gasteiger charge is -2.42. The predicted octanol–water partition coefficient (Wildman–Crippen LogP) is 3.48. The fourth-order valence-corrected chi connectivity index (χ4v) is 3.35. The highest BCUT2D eigenvalue weighted by atomic mass is 16.5. The monoisotopic (exact) mass is 259 g/mol. The van der Waals surface area contributed by atoms with Gasteiger partial charge in [-0.2, -0.15) is 0 Å². The van der Waals surface area contributed by atoms with Gasteiger partial charge in [-0.15, -0.1) is 0 Å². The summed E-state index contributed by atoms with van der Waals surface area (Å²) in [6.07, 6.45) is 10.0. The van der Waals surface area contributed by atoms with Crippen molar-refractivity contribution in [2.45, 2.75) is 57.0 Å². The van der Waals surface area contributed by atoms with Gasteiger partial charge in [0.1, 0.15) is 11.4 Å². The molecule has 2 heteroatoms. The quantitative estimate of drug-likeness (QED) is 0.874. The van der Waals surface area contributed by atoms with Gasteiger partial charge in [0.2, 0.25) is 0 Å². The van der Waals surface area contributed by atoms with Crippen molar-refractivity contribution in [2.24, 2.45) is 0 Å². The highest BCUT2D eigenvalue weighted by Gasteiger charge is 2.38. The molecule has 0 saturated heterocycles. The molecule has 19 heavy (non-hydrogen) atoms. The summed E-state index contributed by atoms with van der Waals surface area (Å²) < 4.78 is 6.37. The number of hydrogen-bond donors (Lipinski definition) is 1. The van der Waals surface area contributed by atoms with E-state index >= 15 is 0 Å². The van der Waals surface area contributed by atoms with E-state index in [0.29, 0.717) is 0 Å². The summed E-state index contributed by atoms with van der Waals surface area (Å²) in [5.74, 6) is 1.09. The van der Waals surface area contributed by atoms with Crippen LogP contribution in [0.1, 0.15) is 49.7 Å². The van der Waals surface area contributed by atoms with Crippen LogP contribution in [0, 0.1) is 0 Å². The van der Waals surface area contributed by atoms with Crippen molar-refractivity contribution in [2.75, 3.05) is 13.6 Å². The van der Waals surface area contributed by atoms with Crippen LogP contribution in [-0.4, -0.2) is 19.2 Å². The molecule has 0 aromatic heterocycles. The first-order valence-corrected chi connectivity index (χ1v) is 7.77. The van der Waals surface area contributed by atoms with Gasteiger partial charge in [-0.1, -0.05) is 6.07 Å².